The van der Waals surface area contributed by atoms with E-state index in [1.807, 2.05) is 36.4 Å². The van der Waals surface area contributed by atoms with Crippen molar-refractivity contribution in [3.63, 3.8) is 0 Å². The number of carbonyl (C=O) groups is 1. The van der Waals surface area contributed by atoms with Crippen LogP contribution in [0.5, 0.6) is 0 Å². The number of likely N-dealkylation sites (tertiary alicyclic amines) is 1. The summed E-state index contributed by atoms with van der Waals surface area (Å²) in [6, 6.07) is 20.1. The summed E-state index contributed by atoms with van der Waals surface area (Å²) < 4.78 is 0. The summed E-state index contributed by atoms with van der Waals surface area (Å²) in [5, 5.41) is 5.92. The van der Waals surface area contributed by atoms with Gasteiger partial charge >= 0.3 is 6.03 Å². The molecule has 2 N–H and O–H groups in total. The number of hydrogen-bond acceptors (Lipinski definition) is 2. The molecule has 1 atom stereocenters. The molecule has 0 unspecified atom stereocenters. The van der Waals surface area contributed by atoms with E-state index in [0.29, 0.717) is 0 Å². The molecule has 114 valence electrons. The van der Waals surface area contributed by atoms with E-state index in [2.05, 4.69) is 39.8 Å². The van der Waals surface area contributed by atoms with Crippen molar-refractivity contribution in [1.29, 1.82) is 0 Å². The maximum absolute atomic E-state index is 12.0. The third kappa shape index (κ3) is 4.09. The Morgan fingerprint density at radius 1 is 1.05 bits per heavy atom. The second-order valence-corrected chi connectivity index (χ2v) is 5.67. The Morgan fingerprint density at radius 2 is 1.73 bits per heavy atom. The van der Waals surface area contributed by atoms with Crippen molar-refractivity contribution in [2.75, 3.05) is 18.4 Å². The minimum Gasteiger partial charge on any atom is -0.334 e. The molecule has 1 saturated heterocycles. The molecule has 22 heavy (non-hydrogen) atoms. The normalized spacial score (nSPS) is 18.1. The van der Waals surface area contributed by atoms with Crippen LogP contribution in [0, 0.1) is 0 Å². The van der Waals surface area contributed by atoms with Crippen molar-refractivity contribution in [3.8, 4) is 0 Å². The van der Waals surface area contributed by atoms with Gasteiger partial charge in [-0.25, -0.2) is 4.79 Å². The molecule has 0 aromatic heterocycles. The SMILES string of the molecule is O=C(Nc1ccccc1)N[C@H]1CCN(Cc2ccccc2)C1. The van der Waals surface area contributed by atoms with E-state index in [1.165, 1.54) is 5.56 Å². The molecule has 2 aromatic rings. The Kier molecular flexibility index (Phi) is 4.71. The second-order valence-electron chi connectivity index (χ2n) is 5.67. The lowest BCUT2D eigenvalue weighted by Gasteiger charge is -2.17. The molecule has 0 saturated carbocycles. The summed E-state index contributed by atoms with van der Waals surface area (Å²) in [6.45, 7) is 2.86. The van der Waals surface area contributed by atoms with E-state index in [-0.39, 0.29) is 12.1 Å². The largest absolute Gasteiger partial charge is 0.334 e. The lowest BCUT2D eigenvalue weighted by atomic mass is 10.2. The van der Waals surface area contributed by atoms with Crippen LogP contribution in [0.3, 0.4) is 0 Å². The van der Waals surface area contributed by atoms with Crippen molar-refractivity contribution < 1.29 is 4.79 Å². The topological polar surface area (TPSA) is 44.4 Å². The Balaban J connectivity index is 1.46. The summed E-state index contributed by atoms with van der Waals surface area (Å²) in [6.07, 6.45) is 0.995. The molecular formula is C18H21N3O. The van der Waals surface area contributed by atoms with Gasteiger partial charge in [0.25, 0.3) is 0 Å². The number of nitrogens with zero attached hydrogens (tertiary/aromatic N) is 1. The summed E-state index contributed by atoms with van der Waals surface area (Å²) >= 11 is 0. The van der Waals surface area contributed by atoms with Gasteiger partial charge in [-0.05, 0) is 24.1 Å². The molecule has 2 aromatic carbocycles. The van der Waals surface area contributed by atoms with Crippen LogP contribution in [0.25, 0.3) is 0 Å². The van der Waals surface area contributed by atoms with E-state index < -0.39 is 0 Å². The maximum Gasteiger partial charge on any atom is 0.319 e. The van der Waals surface area contributed by atoms with Crippen LogP contribution in [-0.4, -0.2) is 30.1 Å². The third-order valence-corrected chi connectivity index (χ3v) is 3.89. The fourth-order valence-corrected chi connectivity index (χ4v) is 2.81. The Morgan fingerprint density at radius 3 is 2.45 bits per heavy atom. The van der Waals surface area contributed by atoms with Crippen LogP contribution >= 0.6 is 0 Å². The number of anilines is 1. The molecule has 1 aliphatic heterocycles. The first-order chi connectivity index (χ1) is 10.8. The predicted octanol–water partition coefficient (Wildman–Crippen LogP) is 3.08. The average molecular weight is 295 g/mol. The number of urea groups is 1. The van der Waals surface area contributed by atoms with Gasteiger partial charge < -0.3 is 10.6 Å². The quantitative estimate of drug-likeness (QED) is 0.910. The summed E-state index contributed by atoms with van der Waals surface area (Å²) in [7, 11) is 0. The van der Waals surface area contributed by atoms with E-state index in [4.69, 9.17) is 0 Å². The van der Waals surface area contributed by atoms with Crippen molar-refractivity contribution >= 4 is 11.7 Å². The monoisotopic (exact) mass is 295 g/mol. The van der Waals surface area contributed by atoms with Crippen LogP contribution in [0.1, 0.15) is 12.0 Å². The van der Waals surface area contributed by atoms with Gasteiger partial charge in [-0.15, -0.1) is 0 Å². The van der Waals surface area contributed by atoms with E-state index in [1.54, 1.807) is 0 Å². The Bertz CT molecular complexity index is 600. The van der Waals surface area contributed by atoms with Crippen LogP contribution in [0.2, 0.25) is 0 Å². The van der Waals surface area contributed by atoms with Gasteiger partial charge in [-0.1, -0.05) is 48.5 Å². The van der Waals surface area contributed by atoms with Gasteiger partial charge in [0.1, 0.15) is 0 Å². The van der Waals surface area contributed by atoms with Crippen molar-refractivity contribution in [2.24, 2.45) is 0 Å². The number of para-hydroxylation sites is 1. The minimum absolute atomic E-state index is 0.127. The molecular weight excluding hydrogens is 274 g/mol. The number of rotatable bonds is 4. The lowest BCUT2D eigenvalue weighted by Crippen LogP contribution is -2.39. The molecule has 3 rings (SSSR count). The number of carbonyl (C=O) groups excluding carboxylic acids is 1. The van der Waals surface area contributed by atoms with Crippen LogP contribution < -0.4 is 10.6 Å². The zero-order chi connectivity index (χ0) is 15.2. The second kappa shape index (κ2) is 7.09. The minimum atomic E-state index is -0.127. The fraction of sp³-hybridized carbons (Fsp3) is 0.278. The summed E-state index contributed by atoms with van der Waals surface area (Å²) in [4.78, 5) is 14.4. The fourth-order valence-electron chi connectivity index (χ4n) is 2.81. The number of hydrogen-bond donors (Lipinski definition) is 2. The molecule has 1 fully saturated rings. The van der Waals surface area contributed by atoms with E-state index in [0.717, 1.165) is 31.7 Å². The smallest absolute Gasteiger partial charge is 0.319 e. The molecule has 0 bridgehead atoms. The number of amides is 2. The van der Waals surface area contributed by atoms with E-state index in [9.17, 15) is 4.79 Å². The van der Waals surface area contributed by atoms with Gasteiger partial charge in [-0.2, -0.15) is 0 Å². The summed E-state index contributed by atoms with van der Waals surface area (Å²) in [5.41, 5.74) is 2.14. The van der Waals surface area contributed by atoms with Gasteiger partial charge in [0.15, 0.2) is 0 Å². The Labute approximate surface area is 131 Å². The van der Waals surface area contributed by atoms with Crippen molar-refractivity contribution in [1.82, 2.24) is 10.2 Å². The first-order valence-electron chi connectivity index (χ1n) is 7.68. The van der Waals surface area contributed by atoms with Gasteiger partial charge in [0.05, 0.1) is 0 Å². The van der Waals surface area contributed by atoms with Gasteiger partial charge in [0, 0.05) is 31.4 Å². The maximum atomic E-state index is 12.0. The third-order valence-electron chi connectivity index (χ3n) is 3.89. The lowest BCUT2D eigenvalue weighted by molar-refractivity contribution is 0.247. The highest BCUT2D eigenvalue weighted by atomic mass is 16.2. The molecule has 4 heteroatoms. The Hall–Kier alpha value is -2.33. The zero-order valence-electron chi connectivity index (χ0n) is 12.5. The van der Waals surface area contributed by atoms with Gasteiger partial charge in [0.2, 0.25) is 0 Å². The summed E-state index contributed by atoms with van der Waals surface area (Å²) in [5.74, 6) is 0. The van der Waals surface area contributed by atoms with Crippen LogP contribution in [0.4, 0.5) is 10.5 Å². The van der Waals surface area contributed by atoms with Crippen molar-refractivity contribution in [2.45, 2.75) is 19.0 Å². The van der Waals surface area contributed by atoms with E-state index >= 15 is 0 Å². The van der Waals surface area contributed by atoms with Crippen molar-refractivity contribution in [3.05, 3.63) is 66.2 Å². The molecule has 1 heterocycles. The molecule has 4 nitrogen and oxygen atoms in total. The zero-order valence-corrected chi connectivity index (χ0v) is 12.5. The van der Waals surface area contributed by atoms with Gasteiger partial charge in [-0.3, -0.25) is 4.90 Å². The molecule has 0 aliphatic carbocycles. The highest BCUT2D eigenvalue weighted by molar-refractivity contribution is 5.89. The molecule has 1 aliphatic rings. The van der Waals surface area contributed by atoms with Crippen LogP contribution in [0.15, 0.2) is 60.7 Å². The molecule has 0 radical (unpaired) electrons. The first kappa shape index (κ1) is 14.6. The average Bonchev–Trinajstić information content (AvgIpc) is 2.96. The highest BCUT2D eigenvalue weighted by Crippen LogP contribution is 2.13. The number of nitrogens with one attached hydrogen (secondary N) is 2. The predicted molar refractivity (Wildman–Crippen MR) is 88.7 cm³/mol. The number of benzene rings is 2. The molecule has 0 spiro atoms. The first-order valence-corrected chi connectivity index (χ1v) is 7.68. The standard InChI is InChI=1S/C18H21N3O/c22-18(19-16-9-5-2-6-10-16)20-17-11-12-21(14-17)13-15-7-3-1-4-8-15/h1-10,17H,11-14H2,(H2,19,20,22)/t17-/m0/s1. The molecule has 2 amide bonds. The van der Waals surface area contributed by atoms with Crippen LogP contribution in [-0.2, 0) is 6.54 Å². The highest BCUT2D eigenvalue weighted by Gasteiger charge is 2.23.